The summed E-state index contributed by atoms with van der Waals surface area (Å²) in [6.45, 7) is 5.08. The molecular weight excluding hydrogens is 190 g/mol. The number of nitrogens with zero attached hydrogens (tertiary/aromatic N) is 2. The zero-order chi connectivity index (χ0) is 10.8. The van der Waals surface area contributed by atoms with Crippen molar-refractivity contribution in [3.05, 3.63) is 11.7 Å². The summed E-state index contributed by atoms with van der Waals surface area (Å²) in [7, 11) is 0. The van der Waals surface area contributed by atoms with Crippen molar-refractivity contribution in [1.29, 1.82) is 0 Å². The predicted octanol–water partition coefficient (Wildman–Crippen LogP) is 1.72. The molecule has 0 aliphatic heterocycles. The lowest BCUT2D eigenvalue weighted by atomic mass is 10.1. The van der Waals surface area contributed by atoms with Gasteiger partial charge in [-0.15, -0.1) is 0 Å². The quantitative estimate of drug-likeness (QED) is 0.802. The topological polar surface area (TPSA) is 64.9 Å². The number of hydrogen-bond acceptors (Lipinski definition) is 4. The SMILES string of the molecule is CC(CN)CCc1nc(C2CC2C)no1. The average molecular weight is 209 g/mol. The third-order valence-corrected chi connectivity index (χ3v) is 3.18. The first-order valence-corrected chi connectivity index (χ1v) is 5.73. The Morgan fingerprint density at radius 2 is 2.33 bits per heavy atom. The summed E-state index contributed by atoms with van der Waals surface area (Å²) >= 11 is 0. The molecule has 4 nitrogen and oxygen atoms in total. The molecule has 1 aromatic rings. The van der Waals surface area contributed by atoms with Gasteiger partial charge in [0.05, 0.1) is 0 Å². The van der Waals surface area contributed by atoms with Gasteiger partial charge in [0.15, 0.2) is 5.82 Å². The van der Waals surface area contributed by atoms with E-state index < -0.39 is 0 Å². The van der Waals surface area contributed by atoms with Crippen molar-refractivity contribution < 1.29 is 4.52 Å². The van der Waals surface area contributed by atoms with Crippen LogP contribution in [0.4, 0.5) is 0 Å². The van der Waals surface area contributed by atoms with E-state index in [4.69, 9.17) is 10.3 Å². The molecule has 1 aliphatic carbocycles. The third kappa shape index (κ3) is 2.56. The third-order valence-electron chi connectivity index (χ3n) is 3.18. The van der Waals surface area contributed by atoms with Crippen LogP contribution in [0.1, 0.15) is 44.3 Å². The molecule has 2 N–H and O–H groups in total. The summed E-state index contributed by atoms with van der Waals surface area (Å²) in [5, 5.41) is 4.02. The molecule has 0 saturated heterocycles. The van der Waals surface area contributed by atoms with Crippen molar-refractivity contribution >= 4 is 0 Å². The summed E-state index contributed by atoms with van der Waals surface area (Å²) < 4.78 is 5.21. The van der Waals surface area contributed by atoms with E-state index in [1.165, 1.54) is 6.42 Å². The lowest BCUT2D eigenvalue weighted by Gasteiger charge is -2.03. The largest absolute Gasteiger partial charge is 0.339 e. The van der Waals surface area contributed by atoms with Gasteiger partial charge in [-0.1, -0.05) is 19.0 Å². The van der Waals surface area contributed by atoms with Crippen LogP contribution in [0.15, 0.2) is 4.52 Å². The minimum Gasteiger partial charge on any atom is -0.339 e. The number of nitrogens with two attached hydrogens (primary N) is 1. The molecule has 1 saturated carbocycles. The van der Waals surface area contributed by atoms with Gasteiger partial charge in [0.2, 0.25) is 5.89 Å². The number of hydrogen-bond donors (Lipinski definition) is 1. The van der Waals surface area contributed by atoms with Crippen LogP contribution in [-0.2, 0) is 6.42 Å². The van der Waals surface area contributed by atoms with Gasteiger partial charge in [-0.3, -0.25) is 0 Å². The van der Waals surface area contributed by atoms with E-state index in [2.05, 4.69) is 24.0 Å². The van der Waals surface area contributed by atoms with E-state index >= 15 is 0 Å². The van der Waals surface area contributed by atoms with Gasteiger partial charge in [-0.05, 0) is 31.2 Å². The lowest BCUT2D eigenvalue weighted by molar-refractivity contribution is 0.361. The maximum atomic E-state index is 5.55. The van der Waals surface area contributed by atoms with Crippen LogP contribution in [0.3, 0.4) is 0 Å². The second-order valence-corrected chi connectivity index (χ2v) is 4.75. The lowest BCUT2D eigenvalue weighted by Crippen LogP contribution is -2.11. The van der Waals surface area contributed by atoms with E-state index in [9.17, 15) is 0 Å². The van der Waals surface area contributed by atoms with Gasteiger partial charge in [0.1, 0.15) is 0 Å². The molecule has 1 aliphatic rings. The molecular formula is C11H19N3O. The van der Waals surface area contributed by atoms with Crippen LogP contribution in [0.5, 0.6) is 0 Å². The first-order valence-electron chi connectivity index (χ1n) is 5.73. The van der Waals surface area contributed by atoms with Crippen molar-refractivity contribution in [1.82, 2.24) is 10.1 Å². The predicted molar refractivity (Wildman–Crippen MR) is 57.4 cm³/mol. The Kier molecular flexibility index (Phi) is 3.05. The molecule has 1 fully saturated rings. The van der Waals surface area contributed by atoms with Crippen LogP contribution in [0.25, 0.3) is 0 Å². The molecule has 0 aromatic carbocycles. The zero-order valence-corrected chi connectivity index (χ0v) is 9.44. The average Bonchev–Trinajstić information content (AvgIpc) is 2.80. The molecule has 1 heterocycles. The number of aryl methyl sites for hydroxylation is 1. The Morgan fingerprint density at radius 1 is 1.60 bits per heavy atom. The molecule has 0 spiro atoms. The molecule has 15 heavy (non-hydrogen) atoms. The van der Waals surface area contributed by atoms with Gasteiger partial charge in [-0.25, -0.2) is 0 Å². The Bertz CT molecular complexity index is 323. The minimum absolute atomic E-state index is 0.528. The van der Waals surface area contributed by atoms with E-state index in [1.54, 1.807) is 0 Å². The van der Waals surface area contributed by atoms with Crippen molar-refractivity contribution in [2.24, 2.45) is 17.6 Å². The Morgan fingerprint density at radius 3 is 2.93 bits per heavy atom. The first-order chi connectivity index (χ1) is 7.20. The Balaban J connectivity index is 1.85. The summed E-state index contributed by atoms with van der Waals surface area (Å²) in [5.41, 5.74) is 5.55. The molecule has 3 atom stereocenters. The molecule has 0 bridgehead atoms. The Labute approximate surface area is 90.2 Å². The van der Waals surface area contributed by atoms with Gasteiger partial charge in [-0.2, -0.15) is 4.98 Å². The van der Waals surface area contributed by atoms with E-state index in [0.29, 0.717) is 11.8 Å². The number of aromatic nitrogens is 2. The highest BCUT2D eigenvalue weighted by molar-refractivity contribution is 5.07. The van der Waals surface area contributed by atoms with Crippen LogP contribution >= 0.6 is 0 Å². The monoisotopic (exact) mass is 209 g/mol. The highest BCUT2D eigenvalue weighted by Crippen LogP contribution is 2.45. The summed E-state index contributed by atoms with van der Waals surface area (Å²) in [4.78, 5) is 4.41. The maximum Gasteiger partial charge on any atom is 0.226 e. The second kappa shape index (κ2) is 4.31. The molecule has 3 unspecified atom stereocenters. The second-order valence-electron chi connectivity index (χ2n) is 4.75. The maximum absolute atomic E-state index is 5.55. The fraction of sp³-hybridized carbons (Fsp3) is 0.818. The molecule has 0 radical (unpaired) electrons. The van der Waals surface area contributed by atoms with Crippen LogP contribution in [0.2, 0.25) is 0 Å². The van der Waals surface area contributed by atoms with Crippen LogP contribution in [-0.4, -0.2) is 16.7 Å². The van der Waals surface area contributed by atoms with E-state index in [1.807, 2.05) is 0 Å². The first kappa shape index (κ1) is 10.6. The van der Waals surface area contributed by atoms with Crippen LogP contribution < -0.4 is 5.73 Å². The molecule has 4 heteroatoms. The van der Waals surface area contributed by atoms with Crippen molar-refractivity contribution in [2.75, 3.05) is 6.54 Å². The number of rotatable bonds is 5. The van der Waals surface area contributed by atoms with Crippen molar-refractivity contribution in [3.8, 4) is 0 Å². The molecule has 0 amide bonds. The smallest absolute Gasteiger partial charge is 0.226 e. The highest BCUT2D eigenvalue weighted by Gasteiger charge is 2.37. The fourth-order valence-electron chi connectivity index (χ4n) is 1.69. The molecule has 1 aromatic heterocycles. The van der Waals surface area contributed by atoms with Gasteiger partial charge in [0, 0.05) is 12.3 Å². The zero-order valence-electron chi connectivity index (χ0n) is 9.44. The summed E-state index contributed by atoms with van der Waals surface area (Å²) in [5.74, 6) is 3.48. The fourth-order valence-corrected chi connectivity index (χ4v) is 1.69. The van der Waals surface area contributed by atoms with Gasteiger partial charge in [0.25, 0.3) is 0 Å². The van der Waals surface area contributed by atoms with E-state index in [-0.39, 0.29) is 0 Å². The normalized spacial score (nSPS) is 26.6. The van der Waals surface area contributed by atoms with E-state index in [0.717, 1.165) is 37.0 Å². The highest BCUT2D eigenvalue weighted by atomic mass is 16.5. The van der Waals surface area contributed by atoms with Crippen molar-refractivity contribution in [3.63, 3.8) is 0 Å². The molecule has 2 rings (SSSR count). The molecule has 84 valence electrons. The van der Waals surface area contributed by atoms with Crippen LogP contribution in [0, 0.1) is 11.8 Å². The van der Waals surface area contributed by atoms with Gasteiger partial charge < -0.3 is 10.3 Å². The van der Waals surface area contributed by atoms with Crippen molar-refractivity contribution in [2.45, 2.75) is 39.0 Å². The van der Waals surface area contributed by atoms with Gasteiger partial charge >= 0.3 is 0 Å². The summed E-state index contributed by atoms with van der Waals surface area (Å²) in [6, 6.07) is 0. The standard InChI is InChI=1S/C11H19N3O/c1-7(6-12)3-4-10-13-11(14-15-10)9-5-8(9)2/h7-9H,3-6,12H2,1-2H3. The minimum atomic E-state index is 0.528. The Hall–Kier alpha value is -0.900. The summed E-state index contributed by atoms with van der Waals surface area (Å²) in [6.07, 6.45) is 3.09.